The summed E-state index contributed by atoms with van der Waals surface area (Å²) in [6.07, 6.45) is -0.279. The number of halogens is 1. The highest BCUT2D eigenvalue weighted by Crippen LogP contribution is 2.29. The molecule has 0 saturated heterocycles. The fourth-order valence-corrected chi connectivity index (χ4v) is 3.94. The number of rotatable bonds is 5. The summed E-state index contributed by atoms with van der Waals surface area (Å²) in [6.45, 7) is 7.25. The van der Waals surface area contributed by atoms with Crippen molar-refractivity contribution in [2.45, 2.75) is 45.9 Å². The molecule has 7 heteroatoms. The molecule has 0 spiro atoms. The van der Waals surface area contributed by atoms with Gasteiger partial charge in [0.1, 0.15) is 5.82 Å². The number of pyridine rings is 1. The Morgan fingerprint density at radius 3 is 2.53 bits per heavy atom. The zero-order chi connectivity index (χ0) is 22.8. The van der Waals surface area contributed by atoms with E-state index in [0.717, 1.165) is 29.7 Å². The Morgan fingerprint density at radius 2 is 1.81 bits per heavy atom. The maximum absolute atomic E-state index is 13.3. The zero-order valence-electron chi connectivity index (χ0n) is 18.4. The molecule has 0 fully saturated rings. The van der Waals surface area contributed by atoms with Crippen LogP contribution in [0.25, 0.3) is 10.9 Å². The molecule has 1 aliphatic heterocycles. The highest BCUT2D eigenvalue weighted by atomic mass is 19.1. The first-order valence-electron chi connectivity index (χ1n) is 10.8. The molecule has 2 heterocycles. The molecule has 1 unspecified atom stereocenters. The van der Waals surface area contributed by atoms with E-state index in [-0.39, 0.29) is 0 Å². The second-order valence-corrected chi connectivity index (χ2v) is 8.29. The summed E-state index contributed by atoms with van der Waals surface area (Å²) < 4.78 is 18.7. The lowest BCUT2D eigenvalue weighted by Gasteiger charge is -2.32. The van der Waals surface area contributed by atoms with Gasteiger partial charge in [-0.1, -0.05) is 18.2 Å². The third-order valence-corrected chi connectivity index (χ3v) is 5.78. The lowest BCUT2D eigenvalue weighted by atomic mass is 9.95. The topological polar surface area (TPSA) is 71.5 Å². The molecule has 1 amide bonds. The summed E-state index contributed by atoms with van der Waals surface area (Å²) in [4.78, 5) is 33.0. The molecule has 1 aromatic heterocycles. The van der Waals surface area contributed by atoms with Crippen molar-refractivity contribution >= 4 is 28.5 Å². The molecule has 3 aromatic rings. The van der Waals surface area contributed by atoms with Gasteiger partial charge in [0.15, 0.2) is 6.10 Å². The Balaban J connectivity index is 1.62. The fourth-order valence-electron chi connectivity index (χ4n) is 3.94. The molecule has 6 nitrogen and oxygen atoms in total. The van der Waals surface area contributed by atoms with Crippen LogP contribution in [0, 0.1) is 5.82 Å². The maximum atomic E-state index is 13.3. The standard InChI is InChI=1S/C25H26FN3O3/c1-15(2)29-13-12-22-20(14-29)23(19-6-4-5-7-21(19)28-22)25(31)32-16(3)24(30)27-18-10-8-17(26)9-11-18/h4-11,15-16H,12-14H2,1-3H3,(H,27,30). The molecule has 1 atom stereocenters. The molecule has 2 aromatic carbocycles. The van der Waals surface area contributed by atoms with Crippen LogP contribution in [-0.2, 0) is 22.5 Å². The quantitative estimate of drug-likeness (QED) is 0.604. The maximum Gasteiger partial charge on any atom is 0.339 e. The van der Waals surface area contributed by atoms with E-state index in [1.807, 2.05) is 24.3 Å². The van der Waals surface area contributed by atoms with Gasteiger partial charge in [0.05, 0.1) is 11.1 Å². The van der Waals surface area contributed by atoms with Crippen molar-refractivity contribution in [2.75, 3.05) is 11.9 Å². The largest absolute Gasteiger partial charge is 0.449 e. The number of amides is 1. The van der Waals surface area contributed by atoms with Crippen molar-refractivity contribution in [2.24, 2.45) is 0 Å². The van der Waals surface area contributed by atoms with E-state index in [9.17, 15) is 14.0 Å². The molecule has 0 aliphatic carbocycles. The summed E-state index contributed by atoms with van der Waals surface area (Å²) in [7, 11) is 0. The van der Waals surface area contributed by atoms with Gasteiger partial charge in [-0.15, -0.1) is 0 Å². The van der Waals surface area contributed by atoms with Gasteiger partial charge >= 0.3 is 5.97 Å². The SMILES string of the molecule is CC(OC(=O)c1c2c(nc3ccccc13)CCN(C(C)C)C2)C(=O)Nc1ccc(F)cc1. The number of carbonyl (C=O) groups is 2. The predicted octanol–water partition coefficient (Wildman–Crippen LogP) is 4.32. The minimum atomic E-state index is -1.03. The lowest BCUT2D eigenvalue weighted by Crippen LogP contribution is -2.37. The van der Waals surface area contributed by atoms with Crippen LogP contribution in [-0.4, -0.2) is 40.5 Å². The van der Waals surface area contributed by atoms with Gasteiger partial charge < -0.3 is 10.1 Å². The monoisotopic (exact) mass is 435 g/mol. The van der Waals surface area contributed by atoms with Crippen LogP contribution < -0.4 is 5.32 Å². The van der Waals surface area contributed by atoms with Crippen molar-refractivity contribution < 1.29 is 18.7 Å². The Morgan fingerprint density at radius 1 is 1.09 bits per heavy atom. The number of aromatic nitrogens is 1. The van der Waals surface area contributed by atoms with Crippen LogP contribution in [0.15, 0.2) is 48.5 Å². The molecule has 0 saturated carbocycles. The van der Waals surface area contributed by atoms with E-state index in [0.29, 0.717) is 29.2 Å². The number of hydrogen-bond donors (Lipinski definition) is 1. The predicted molar refractivity (Wildman–Crippen MR) is 121 cm³/mol. The van der Waals surface area contributed by atoms with Gasteiger partial charge in [0.2, 0.25) is 0 Å². The van der Waals surface area contributed by atoms with Crippen LogP contribution in [0.1, 0.15) is 42.4 Å². The summed E-state index contributed by atoms with van der Waals surface area (Å²) in [5.41, 5.74) is 3.39. The third kappa shape index (κ3) is 4.48. The number of carbonyl (C=O) groups excluding carboxylic acids is 2. The number of nitrogens with one attached hydrogen (secondary N) is 1. The molecule has 166 valence electrons. The second kappa shape index (κ2) is 9.04. The van der Waals surface area contributed by atoms with Gasteiger partial charge in [0, 0.05) is 47.9 Å². The molecular weight excluding hydrogens is 409 g/mol. The second-order valence-electron chi connectivity index (χ2n) is 8.29. The van der Waals surface area contributed by atoms with Crippen LogP contribution >= 0.6 is 0 Å². The summed E-state index contributed by atoms with van der Waals surface area (Å²) >= 11 is 0. The molecule has 0 radical (unpaired) electrons. The highest BCUT2D eigenvalue weighted by molar-refractivity contribution is 6.06. The summed E-state index contributed by atoms with van der Waals surface area (Å²) in [6, 6.07) is 13.2. The smallest absolute Gasteiger partial charge is 0.339 e. The van der Waals surface area contributed by atoms with E-state index in [1.54, 1.807) is 0 Å². The Bertz CT molecular complexity index is 1160. The summed E-state index contributed by atoms with van der Waals surface area (Å²) in [5, 5.41) is 3.36. The molecular formula is C25H26FN3O3. The minimum absolute atomic E-state index is 0.332. The van der Waals surface area contributed by atoms with Gasteiger partial charge in [-0.05, 0) is 51.1 Å². The average molecular weight is 435 g/mol. The van der Waals surface area contributed by atoms with Crippen LogP contribution in [0.3, 0.4) is 0 Å². The van der Waals surface area contributed by atoms with Gasteiger partial charge in [-0.2, -0.15) is 0 Å². The van der Waals surface area contributed by atoms with Crippen LogP contribution in [0.2, 0.25) is 0 Å². The number of ether oxygens (including phenoxy) is 1. The Hall–Kier alpha value is -3.32. The van der Waals surface area contributed by atoms with Crippen molar-refractivity contribution in [1.29, 1.82) is 0 Å². The van der Waals surface area contributed by atoms with E-state index >= 15 is 0 Å². The normalized spacial score (nSPS) is 14.8. The van der Waals surface area contributed by atoms with Gasteiger partial charge in [0.25, 0.3) is 5.91 Å². The number of hydrogen-bond acceptors (Lipinski definition) is 5. The van der Waals surface area contributed by atoms with Crippen molar-refractivity contribution in [1.82, 2.24) is 9.88 Å². The fraction of sp³-hybridized carbons (Fsp3) is 0.320. The number of anilines is 1. The van der Waals surface area contributed by atoms with Crippen molar-refractivity contribution in [3.05, 3.63) is 71.2 Å². The first-order chi connectivity index (χ1) is 15.3. The van der Waals surface area contributed by atoms with E-state index < -0.39 is 23.8 Å². The van der Waals surface area contributed by atoms with E-state index in [4.69, 9.17) is 9.72 Å². The lowest BCUT2D eigenvalue weighted by molar-refractivity contribution is -0.123. The Labute approximate surface area is 186 Å². The van der Waals surface area contributed by atoms with E-state index in [2.05, 4.69) is 24.1 Å². The highest BCUT2D eigenvalue weighted by Gasteiger charge is 2.29. The molecule has 4 rings (SSSR count). The van der Waals surface area contributed by atoms with Gasteiger partial charge in [-0.25, -0.2) is 9.18 Å². The first kappa shape index (κ1) is 21.9. The minimum Gasteiger partial charge on any atom is -0.449 e. The summed E-state index contributed by atoms with van der Waals surface area (Å²) in [5.74, 6) is -1.43. The molecule has 0 bridgehead atoms. The number of para-hydroxylation sites is 1. The Kier molecular flexibility index (Phi) is 6.19. The third-order valence-electron chi connectivity index (χ3n) is 5.78. The first-order valence-corrected chi connectivity index (χ1v) is 10.8. The van der Waals surface area contributed by atoms with Gasteiger partial charge in [-0.3, -0.25) is 14.7 Å². The van der Waals surface area contributed by atoms with E-state index in [1.165, 1.54) is 31.2 Å². The number of esters is 1. The van der Waals surface area contributed by atoms with Crippen molar-refractivity contribution in [3.63, 3.8) is 0 Å². The van der Waals surface area contributed by atoms with Crippen LogP contribution in [0.4, 0.5) is 10.1 Å². The zero-order valence-corrected chi connectivity index (χ0v) is 18.4. The molecule has 1 N–H and O–H groups in total. The van der Waals surface area contributed by atoms with Crippen LogP contribution in [0.5, 0.6) is 0 Å². The van der Waals surface area contributed by atoms with Crippen molar-refractivity contribution in [3.8, 4) is 0 Å². The molecule has 1 aliphatic rings. The number of benzene rings is 2. The number of fused-ring (bicyclic) bond motifs is 2. The number of nitrogens with zero attached hydrogens (tertiary/aromatic N) is 2. The average Bonchev–Trinajstić information content (AvgIpc) is 2.78. The molecule has 32 heavy (non-hydrogen) atoms.